The van der Waals surface area contributed by atoms with Gasteiger partial charge < -0.3 is 15.4 Å². The maximum Gasteiger partial charge on any atom is 0.169 e. The Hall–Kier alpha value is -1.81. The first-order chi connectivity index (χ1) is 7.48. The van der Waals surface area contributed by atoms with Gasteiger partial charge in [-0.1, -0.05) is 29.4 Å². The number of anilines is 1. The van der Waals surface area contributed by atoms with E-state index in [-0.39, 0.29) is 0 Å². The van der Waals surface area contributed by atoms with Crippen molar-refractivity contribution in [3.8, 4) is 11.3 Å². The van der Waals surface area contributed by atoms with Gasteiger partial charge in [-0.3, -0.25) is 0 Å². The fourth-order valence-electron chi connectivity index (χ4n) is 1.65. The topological polar surface area (TPSA) is 72.3 Å². The van der Waals surface area contributed by atoms with E-state index >= 15 is 0 Å². The van der Waals surface area contributed by atoms with Crippen molar-refractivity contribution >= 4 is 5.82 Å². The minimum atomic E-state index is -0.932. The third-order valence-electron chi connectivity index (χ3n) is 2.38. The van der Waals surface area contributed by atoms with E-state index in [4.69, 9.17) is 10.3 Å². The molecular formula is C12H14N2O2. The van der Waals surface area contributed by atoms with Crippen LogP contribution in [-0.4, -0.2) is 10.3 Å². The second-order valence-electron chi connectivity index (χ2n) is 4.22. The van der Waals surface area contributed by atoms with Crippen molar-refractivity contribution in [3.05, 3.63) is 35.9 Å². The number of aliphatic hydroxyl groups is 1. The zero-order valence-electron chi connectivity index (χ0n) is 9.27. The summed E-state index contributed by atoms with van der Waals surface area (Å²) in [6.07, 6.45) is 0. The SMILES string of the molecule is CC(C)(O)c1ccccc1-c1cc(N)no1. The summed E-state index contributed by atoms with van der Waals surface area (Å²) in [7, 11) is 0. The predicted molar refractivity (Wildman–Crippen MR) is 61.6 cm³/mol. The Morgan fingerprint density at radius 2 is 2.00 bits per heavy atom. The van der Waals surface area contributed by atoms with Crippen molar-refractivity contribution in [1.82, 2.24) is 5.16 Å². The Labute approximate surface area is 93.7 Å². The molecule has 0 amide bonds. The normalized spacial score (nSPS) is 11.7. The number of nitrogen functional groups attached to an aromatic ring is 1. The molecule has 0 radical (unpaired) electrons. The number of hydrogen-bond donors (Lipinski definition) is 2. The molecule has 4 heteroatoms. The van der Waals surface area contributed by atoms with Crippen LogP contribution >= 0.6 is 0 Å². The standard InChI is InChI=1S/C12H14N2O2/c1-12(2,15)9-6-4-3-5-8(9)10-7-11(13)14-16-10/h3-7,15H,1-2H3,(H2,13,14). The molecular weight excluding hydrogens is 204 g/mol. The Morgan fingerprint density at radius 3 is 2.56 bits per heavy atom. The second kappa shape index (κ2) is 3.64. The van der Waals surface area contributed by atoms with E-state index in [0.29, 0.717) is 11.6 Å². The molecule has 0 saturated carbocycles. The maximum absolute atomic E-state index is 10.0. The van der Waals surface area contributed by atoms with Crippen LogP contribution in [0.4, 0.5) is 5.82 Å². The van der Waals surface area contributed by atoms with Crippen LogP contribution in [0.5, 0.6) is 0 Å². The van der Waals surface area contributed by atoms with Crippen molar-refractivity contribution in [2.75, 3.05) is 5.73 Å². The summed E-state index contributed by atoms with van der Waals surface area (Å²) in [5.74, 6) is 0.899. The van der Waals surface area contributed by atoms with E-state index in [2.05, 4.69) is 5.16 Å². The van der Waals surface area contributed by atoms with Crippen LogP contribution < -0.4 is 5.73 Å². The Morgan fingerprint density at radius 1 is 1.31 bits per heavy atom. The largest absolute Gasteiger partial charge is 0.386 e. The van der Waals surface area contributed by atoms with Crippen LogP contribution in [0.1, 0.15) is 19.4 Å². The highest BCUT2D eigenvalue weighted by atomic mass is 16.5. The summed E-state index contributed by atoms with van der Waals surface area (Å²) < 4.78 is 5.10. The molecule has 0 spiro atoms. The van der Waals surface area contributed by atoms with Gasteiger partial charge in [0.2, 0.25) is 0 Å². The van der Waals surface area contributed by atoms with Crippen LogP contribution in [-0.2, 0) is 5.60 Å². The molecule has 0 unspecified atom stereocenters. The highest BCUT2D eigenvalue weighted by molar-refractivity contribution is 5.65. The molecule has 0 fully saturated rings. The fourth-order valence-corrected chi connectivity index (χ4v) is 1.65. The van der Waals surface area contributed by atoms with Crippen LogP contribution in [0.15, 0.2) is 34.9 Å². The summed E-state index contributed by atoms with van der Waals surface area (Å²) in [5.41, 5.74) is 6.16. The molecule has 0 bridgehead atoms. The molecule has 1 heterocycles. The molecule has 84 valence electrons. The number of aromatic nitrogens is 1. The number of rotatable bonds is 2. The Balaban J connectivity index is 2.57. The molecule has 0 aliphatic rings. The van der Waals surface area contributed by atoms with Crippen LogP contribution in [0, 0.1) is 0 Å². The first kappa shape index (κ1) is 10.7. The highest BCUT2D eigenvalue weighted by Gasteiger charge is 2.21. The number of hydrogen-bond acceptors (Lipinski definition) is 4. The van der Waals surface area contributed by atoms with Gasteiger partial charge in [-0.25, -0.2) is 0 Å². The number of nitrogens with zero attached hydrogens (tertiary/aromatic N) is 1. The molecule has 4 nitrogen and oxygen atoms in total. The third kappa shape index (κ3) is 1.92. The molecule has 2 aromatic rings. The average molecular weight is 218 g/mol. The lowest BCUT2D eigenvalue weighted by Gasteiger charge is -2.20. The van der Waals surface area contributed by atoms with Gasteiger partial charge in [0, 0.05) is 11.6 Å². The van der Waals surface area contributed by atoms with E-state index in [1.807, 2.05) is 24.3 Å². The Kier molecular flexibility index (Phi) is 2.44. The number of benzene rings is 1. The minimum absolute atomic E-state index is 0.334. The lowest BCUT2D eigenvalue weighted by atomic mass is 9.92. The quantitative estimate of drug-likeness (QED) is 0.810. The van der Waals surface area contributed by atoms with Crippen molar-refractivity contribution in [2.45, 2.75) is 19.4 Å². The summed E-state index contributed by atoms with van der Waals surface area (Å²) in [6, 6.07) is 9.12. The van der Waals surface area contributed by atoms with Gasteiger partial charge in [-0.2, -0.15) is 0 Å². The molecule has 0 aliphatic carbocycles. The molecule has 2 rings (SSSR count). The van der Waals surface area contributed by atoms with Gasteiger partial charge in [0.15, 0.2) is 11.6 Å². The minimum Gasteiger partial charge on any atom is -0.386 e. The van der Waals surface area contributed by atoms with Crippen LogP contribution in [0.25, 0.3) is 11.3 Å². The van der Waals surface area contributed by atoms with Crippen LogP contribution in [0.3, 0.4) is 0 Å². The van der Waals surface area contributed by atoms with E-state index in [1.165, 1.54) is 0 Å². The maximum atomic E-state index is 10.0. The van der Waals surface area contributed by atoms with E-state index in [0.717, 1.165) is 11.1 Å². The van der Waals surface area contributed by atoms with E-state index < -0.39 is 5.60 Å². The summed E-state index contributed by atoms with van der Waals surface area (Å²) in [6.45, 7) is 3.46. The number of nitrogens with two attached hydrogens (primary N) is 1. The van der Waals surface area contributed by atoms with E-state index in [1.54, 1.807) is 19.9 Å². The average Bonchev–Trinajstić information content (AvgIpc) is 2.64. The van der Waals surface area contributed by atoms with Crippen molar-refractivity contribution in [1.29, 1.82) is 0 Å². The molecule has 16 heavy (non-hydrogen) atoms. The van der Waals surface area contributed by atoms with E-state index in [9.17, 15) is 5.11 Å². The molecule has 0 aliphatic heterocycles. The summed E-state index contributed by atoms with van der Waals surface area (Å²) >= 11 is 0. The van der Waals surface area contributed by atoms with Gasteiger partial charge in [0.25, 0.3) is 0 Å². The van der Waals surface area contributed by atoms with Gasteiger partial charge in [0.1, 0.15) is 0 Å². The molecule has 0 atom stereocenters. The molecule has 3 N–H and O–H groups in total. The second-order valence-corrected chi connectivity index (χ2v) is 4.22. The van der Waals surface area contributed by atoms with Gasteiger partial charge in [0.05, 0.1) is 5.60 Å². The smallest absolute Gasteiger partial charge is 0.169 e. The summed E-state index contributed by atoms with van der Waals surface area (Å²) in [5, 5.41) is 13.7. The van der Waals surface area contributed by atoms with Crippen molar-refractivity contribution < 1.29 is 9.63 Å². The lowest BCUT2D eigenvalue weighted by molar-refractivity contribution is 0.0790. The monoisotopic (exact) mass is 218 g/mol. The predicted octanol–water partition coefficient (Wildman–Crippen LogP) is 2.15. The molecule has 1 aromatic heterocycles. The first-order valence-corrected chi connectivity index (χ1v) is 5.03. The highest BCUT2D eigenvalue weighted by Crippen LogP contribution is 2.31. The van der Waals surface area contributed by atoms with Crippen molar-refractivity contribution in [2.24, 2.45) is 0 Å². The Bertz CT molecular complexity index is 498. The van der Waals surface area contributed by atoms with Gasteiger partial charge >= 0.3 is 0 Å². The third-order valence-corrected chi connectivity index (χ3v) is 2.38. The first-order valence-electron chi connectivity index (χ1n) is 5.03. The van der Waals surface area contributed by atoms with Gasteiger partial charge in [-0.05, 0) is 19.4 Å². The van der Waals surface area contributed by atoms with Gasteiger partial charge in [-0.15, -0.1) is 0 Å². The molecule has 0 saturated heterocycles. The lowest BCUT2D eigenvalue weighted by Crippen LogP contribution is -2.16. The fraction of sp³-hybridized carbons (Fsp3) is 0.250. The van der Waals surface area contributed by atoms with Crippen LogP contribution in [0.2, 0.25) is 0 Å². The molecule has 1 aromatic carbocycles. The van der Waals surface area contributed by atoms with Crippen molar-refractivity contribution in [3.63, 3.8) is 0 Å². The zero-order chi connectivity index (χ0) is 11.8. The summed E-state index contributed by atoms with van der Waals surface area (Å²) in [4.78, 5) is 0. The zero-order valence-corrected chi connectivity index (χ0v) is 9.27.